The van der Waals surface area contributed by atoms with E-state index in [-0.39, 0.29) is 18.7 Å². The molecule has 132 valence electrons. The third-order valence-electron chi connectivity index (χ3n) is 4.70. The molecule has 0 spiro atoms. The van der Waals surface area contributed by atoms with Crippen LogP contribution in [0.25, 0.3) is 0 Å². The third-order valence-corrected chi connectivity index (χ3v) is 4.70. The van der Waals surface area contributed by atoms with E-state index in [4.69, 9.17) is 9.47 Å². The predicted octanol–water partition coefficient (Wildman–Crippen LogP) is 1.76. The highest BCUT2D eigenvalue weighted by Gasteiger charge is 2.29. The van der Waals surface area contributed by atoms with Crippen LogP contribution in [0.5, 0.6) is 11.5 Å². The maximum atomic E-state index is 13.0. The summed E-state index contributed by atoms with van der Waals surface area (Å²) < 4.78 is 12.8. The van der Waals surface area contributed by atoms with E-state index in [0.717, 1.165) is 18.7 Å². The lowest BCUT2D eigenvalue weighted by molar-refractivity contribution is 0.0659. The van der Waals surface area contributed by atoms with Crippen molar-refractivity contribution in [1.82, 2.24) is 19.6 Å². The van der Waals surface area contributed by atoms with Gasteiger partial charge in [0.15, 0.2) is 11.5 Å². The molecule has 2 aliphatic heterocycles. The van der Waals surface area contributed by atoms with E-state index in [9.17, 15) is 4.79 Å². The van der Waals surface area contributed by atoms with Crippen molar-refractivity contribution in [3.63, 3.8) is 0 Å². The summed E-state index contributed by atoms with van der Waals surface area (Å²) in [7, 11) is 4.12. The van der Waals surface area contributed by atoms with Gasteiger partial charge in [-0.25, -0.2) is 0 Å². The molecule has 0 aliphatic carbocycles. The Morgan fingerprint density at radius 1 is 1.28 bits per heavy atom. The maximum absolute atomic E-state index is 13.0. The molecule has 25 heavy (non-hydrogen) atoms. The topological polar surface area (TPSA) is 59.8 Å². The number of fused-ring (bicyclic) bond motifs is 2. The van der Waals surface area contributed by atoms with Crippen LogP contribution in [0.1, 0.15) is 28.5 Å². The first-order valence-electron chi connectivity index (χ1n) is 8.48. The zero-order valence-corrected chi connectivity index (χ0v) is 14.5. The Balaban J connectivity index is 1.55. The Morgan fingerprint density at radius 2 is 2.12 bits per heavy atom. The van der Waals surface area contributed by atoms with Gasteiger partial charge in [-0.1, -0.05) is 0 Å². The second-order valence-corrected chi connectivity index (χ2v) is 6.77. The van der Waals surface area contributed by atoms with Gasteiger partial charge in [-0.05, 0) is 51.3 Å². The number of carbonyl (C=O) groups excluding carboxylic acids is 1. The van der Waals surface area contributed by atoms with Crippen LogP contribution in [0.3, 0.4) is 0 Å². The first kappa shape index (κ1) is 16.0. The second kappa shape index (κ2) is 6.40. The fourth-order valence-corrected chi connectivity index (χ4v) is 3.38. The number of hydrogen-bond donors (Lipinski definition) is 0. The molecular weight excluding hydrogens is 320 g/mol. The van der Waals surface area contributed by atoms with Gasteiger partial charge in [-0.15, -0.1) is 0 Å². The van der Waals surface area contributed by atoms with Gasteiger partial charge in [0.2, 0.25) is 6.79 Å². The zero-order chi connectivity index (χ0) is 17.4. The summed E-state index contributed by atoms with van der Waals surface area (Å²) in [5, 5.41) is 4.45. The summed E-state index contributed by atoms with van der Waals surface area (Å²) in [5.41, 5.74) is 1.70. The monoisotopic (exact) mass is 342 g/mol. The largest absolute Gasteiger partial charge is 0.454 e. The summed E-state index contributed by atoms with van der Waals surface area (Å²) in [5.74, 6) is 1.34. The van der Waals surface area contributed by atoms with Crippen LogP contribution in [-0.4, -0.2) is 59.5 Å². The standard InChI is InChI=1S/C18H22N4O3/c1-20(2)8-6-15-11-21(10-14-5-7-19-22(14)15)18(23)13-3-4-16-17(9-13)25-12-24-16/h3-5,7,9,15H,6,8,10-12H2,1-2H3. The average molecular weight is 342 g/mol. The zero-order valence-electron chi connectivity index (χ0n) is 14.5. The minimum atomic E-state index is 0.0144. The summed E-state index contributed by atoms with van der Waals surface area (Å²) in [4.78, 5) is 17.1. The van der Waals surface area contributed by atoms with Crippen molar-refractivity contribution < 1.29 is 14.3 Å². The summed E-state index contributed by atoms with van der Waals surface area (Å²) in [6, 6.07) is 7.55. The number of hydrogen-bond acceptors (Lipinski definition) is 5. The minimum Gasteiger partial charge on any atom is -0.454 e. The number of ether oxygens (including phenoxy) is 2. The molecule has 0 fully saturated rings. The molecule has 0 saturated heterocycles. The first-order chi connectivity index (χ1) is 12.1. The Hall–Kier alpha value is -2.54. The Bertz CT molecular complexity index is 786. The molecule has 1 atom stereocenters. The number of nitrogens with zero attached hydrogens (tertiary/aromatic N) is 4. The van der Waals surface area contributed by atoms with Crippen molar-refractivity contribution in [2.24, 2.45) is 0 Å². The second-order valence-electron chi connectivity index (χ2n) is 6.77. The molecular formula is C18H22N4O3. The number of aromatic nitrogens is 2. The van der Waals surface area contributed by atoms with Crippen molar-refractivity contribution in [3.8, 4) is 11.5 Å². The normalized spacial score (nSPS) is 18.5. The van der Waals surface area contributed by atoms with Crippen LogP contribution in [0.15, 0.2) is 30.5 Å². The van der Waals surface area contributed by atoms with Crippen LogP contribution in [0.2, 0.25) is 0 Å². The molecule has 1 unspecified atom stereocenters. The SMILES string of the molecule is CN(C)CCC1CN(C(=O)c2ccc3c(c2)OCO3)Cc2ccnn21. The van der Waals surface area contributed by atoms with E-state index in [1.54, 1.807) is 18.2 Å². The van der Waals surface area contributed by atoms with Gasteiger partial charge in [0.05, 0.1) is 18.3 Å². The quantitative estimate of drug-likeness (QED) is 0.847. The van der Waals surface area contributed by atoms with E-state index < -0.39 is 0 Å². The molecule has 4 rings (SSSR count). The number of carbonyl (C=O) groups is 1. The molecule has 3 heterocycles. The summed E-state index contributed by atoms with van der Waals surface area (Å²) in [6.07, 6.45) is 2.76. The van der Waals surface area contributed by atoms with Crippen LogP contribution < -0.4 is 9.47 Å². The van der Waals surface area contributed by atoms with Crippen LogP contribution in [0.4, 0.5) is 0 Å². The fraction of sp³-hybridized carbons (Fsp3) is 0.444. The molecule has 0 radical (unpaired) electrons. The highest BCUT2D eigenvalue weighted by Crippen LogP contribution is 2.33. The highest BCUT2D eigenvalue weighted by atomic mass is 16.7. The lowest BCUT2D eigenvalue weighted by Crippen LogP contribution is -2.42. The van der Waals surface area contributed by atoms with Crippen molar-refractivity contribution in [3.05, 3.63) is 41.7 Å². The van der Waals surface area contributed by atoms with E-state index in [1.165, 1.54) is 0 Å². The maximum Gasteiger partial charge on any atom is 0.254 e. The molecule has 7 heteroatoms. The number of rotatable bonds is 4. The van der Waals surface area contributed by atoms with Crippen molar-refractivity contribution in [1.29, 1.82) is 0 Å². The van der Waals surface area contributed by atoms with Gasteiger partial charge in [0.1, 0.15) is 0 Å². The van der Waals surface area contributed by atoms with Crippen LogP contribution in [0, 0.1) is 0 Å². The van der Waals surface area contributed by atoms with Gasteiger partial charge >= 0.3 is 0 Å². The van der Waals surface area contributed by atoms with Crippen molar-refractivity contribution >= 4 is 5.91 Å². The molecule has 0 N–H and O–H groups in total. The molecule has 1 aromatic carbocycles. The van der Waals surface area contributed by atoms with Gasteiger partial charge in [0.25, 0.3) is 5.91 Å². The molecule has 1 amide bonds. The Morgan fingerprint density at radius 3 is 2.96 bits per heavy atom. The smallest absolute Gasteiger partial charge is 0.254 e. The molecule has 2 aromatic rings. The van der Waals surface area contributed by atoms with E-state index in [1.807, 2.05) is 17.2 Å². The molecule has 0 saturated carbocycles. The lowest BCUT2D eigenvalue weighted by Gasteiger charge is -2.34. The Labute approximate surface area is 146 Å². The number of benzene rings is 1. The molecule has 7 nitrogen and oxygen atoms in total. The predicted molar refractivity (Wildman–Crippen MR) is 91.7 cm³/mol. The van der Waals surface area contributed by atoms with Crippen molar-refractivity contribution in [2.75, 3.05) is 34.0 Å². The average Bonchev–Trinajstić information content (AvgIpc) is 3.26. The summed E-state index contributed by atoms with van der Waals surface area (Å²) in [6.45, 7) is 2.40. The fourth-order valence-electron chi connectivity index (χ4n) is 3.38. The summed E-state index contributed by atoms with van der Waals surface area (Å²) >= 11 is 0. The van der Waals surface area contributed by atoms with Crippen LogP contribution >= 0.6 is 0 Å². The molecule has 0 bridgehead atoms. The van der Waals surface area contributed by atoms with E-state index in [2.05, 4.69) is 28.8 Å². The van der Waals surface area contributed by atoms with Gasteiger partial charge < -0.3 is 19.3 Å². The Kier molecular flexibility index (Phi) is 4.09. The first-order valence-corrected chi connectivity index (χ1v) is 8.48. The van der Waals surface area contributed by atoms with E-state index in [0.29, 0.717) is 30.2 Å². The van der Waals surface area contributed by atoms with Gasteiger partial charge in [-0.3, -0.25) is 9.48 Å². The van der Waals surface area contributed by atoms with Crippen LogP contribution in [-0.2, 0) is 6.54 Å². The van der Waals surface area contributed by atoms with E-state index >= 15 is 0 Å². The van der Waals surface area contributed by atoms with Crippen molar-refractivity contribution in [2.45, 2.75) is 19.0 Å². The lowest BCUT2D eigenvalue weighted by atomic mass is 10.1. The van der Waals surface area contributed by atoms with Gasteiger partial charge in [0, 0.05) is 18.3 Å². The minimum absolute atomic E-state index is 0.0144. The molecule has 1 aromatic heterocycles. The molecule has 2 aliphatic rings. The third kappa shape index (κ3) is 3.07. The van der Waals surface area contributed by atoms with Gasteiger partial charge in [-0.2, -0.15) is 5.10 Å². The number of amides is 1. The highest BCUT2D eigenvalue weighted by molar-refractivity contribution is 5.95.